The van der Waals surface area contributed by atoms with Crippen LogP contribution in [0.3, 0.4) is 0 Å². The molecule has 2 N–H and O–H groups in total. The van der Waals surface area contributed by atoms with E-state index in [0.29, 0.717) is 17.9 Å². The Bertz CT molecular complexity index is 612. The number of halogens is 4. The summed E-state index contributed by atoms with van der Waals surface area (Å²) in [7, 11) is 1.55. The van der Waals surface area contributed by atoms with Crippen molar-refractivity contribution in [3.8, 4) is 0 Å². The van der Waals surface area contributed by atoms with Crippen molar-refractivity contribution >= 4 is 28.3 Å². The molecule has 0 aliphatic rings. The summed E-state index contributed by atoms with van der Waals surface area (Å²) in [5.74, 6) is 0. The first kappa shape index (κ1) is 14.9. The molecule has 0 radical (unpaired) electrons. The second-order valence-corrected chi connectivity index (χ2v) is 4.71. The molecule has 1 atom stereocenters. The lowest BCUT2D eigenvalue weighted by atomic mass is 10.2. The Hall–Kier alpha value is -1.47. The van der Waals surface area contributed by atoms with Crippen LogP contribution in [0.15, 0.2) is 12.4 Å². The fourth-order valence-corrected chi connectivity index (χ4v) is 2.08. The standard InChI is InChI=1S/C12H13ClF3N3O/c1-6(20-2)3-17-8-5-19-11-9(8)10(13)7(4-18-11)12(14,15)16/h4-6,17H,3H2,1-2H3,(H,18,19). The van der Waals surface area contributed by atoms with E-state index < -0.39 is 11.7 Å². The van der Waals surface area contributed by atoms with Gasteiger partial charge in [0.25, 0.3) is 0 Å². The zero-order valence-electron chi connectivity index (χ0n) is 10.8. The van der Waals surface area contributed by atoms with Gasteiger partial charge in [-0.1, -0.05) is 11.6 Å². The summed E-state index contributed by atoms with van der Waals surface area (Å²) in [5, 5.41) is 2.85. The van der Waals surface area contributed by atoms with Gasteiger partial charge < -0.3 is 15.0 Å². The highest BCUT2D eigenvalue weighted by atomic mass is 35.5. The van der Waals surface area contributed by atoms with Crippen molar-refractivity contribution < 1.29 is 17.9 Å². The molecule has 0 aliphatic heterocycles. The van der Waals surface area contributed by atoms with Crippen molar-refractivity contribution in [3.05, 3.63) is 23.0 Å². The predicted molar refractivity (Wildman–Crippen MR) is 71.1 cm³/mol. The third-order valence-corrected chi connectivity index (χ3v) is 3.32. The van der Waals surface area contributed by atoms with Gasteiger partial charge in [0.05, 0.1) is 27.8 Å². The molecule has 110 valence electrons. The summed E-state index contributed by atoms with van der Waals surface area (Å²) in [6.45, 7) is 2.28. The molecule has 0 fully saturated rings. The minimum absolute atomic E-state index is 0.0857. The van der Waals surface area contributed by atoms with Crippen LogP contribution in [0.25, 0.3) is 11.0 Å². The van der Waals surface area contributed by atoms with Crippen molar-refractivity contribution in [2.45, 2.75) is 19.2 Å². The highest BCUT2D eigenvalue weighted by Gasteiger charge is 2.35. The van der Waals surface area contributed by atoms with Gasteiger partial charge in [-0.2, -0.15) is 13.2 Å². The average Bonchev–Trinajstić information content (AvgIpc) is 2.78. The normalized spacial score (nSPS) is 13.7. The molecule has 0 saturated heterocycles. The van der Waals surface area contributed by atoms with Crippen LogP contribution in [-0.4, -0.2) is 29.7 Å². The molecule has 2 aromatic rings. The van der Waals surface area contributed by atoms with Gasteiger partial charge in [0.1, 0.15) is 5.65 Å². The van der Waals surface area contributed by atoms with Gasteiger partial charge in [-0.3, -0.25) is 0 Å². The number of hydrogen-bond donors (Lipinski definition) is 2. The Balaban J connectivity index is 2.42. The number of nitrogens with one attached hydrogen (secondary N) is 2. The Morgan fingerprint density at radius 1 is 1.50 bits per heavy atom. The molecule has 2 aromatic heterocycles. The monoisotopic (exact) mass is 307 g/mol. The largest absolute Gasteiger partial charge is 0.419 e. The summed E-state index contributed by atoms with van der Waals surface area (Å²) in [4.78, 5) is 6.53. The molecule has 0 aliphatic carbocycles. The predicted octanol–water partition coefficient (Wildman–Crippen LogP) is 3.68. The van der Waals surface area contributed by atoms with Crippen molar-refractivity contribution in [3.63, 3.8) is 0 Å². The van der Waals surface area contributed by atoms with E-state index in [4.69, 9.17) is 16.3 Å². The summed E-state index contributed by atoms with van der Waals surface area (Å²) in [5.41, 5.74) is -0.183. The quantitative estimate of drug-likeness (QED) is 0.906. The molecule has 0 bridgehead atoms. The zero-order valence-corrected chi connectivity index (χ0v) is 11.6. The fraction of sp³-hybridized carbons (Fsp3) is 0.417. The Morgan fingerprint density at radius 2 is 2.20 bits per heavy atom. The second-order valence-electron chi connectivity index (χ2n) is 4.34. The van der Waals surface area contributed by atoms with Crippen LogP contribution in [0, 0.1) is 0 Å². The molecule has 1 unspecified atom stereocenters. The topological polar surface area (TPSA) is 49.9 Å². The summed E-state index contributed by atoms with van der Waals surface area (Å²) in [6, 6.07) is 0. The molecule has 0 saturated carbocycles. The number of nitrogens with zero attached hydrogens (tertiary/aromatic N) is 1. The molecular weight excluding hydrogens is 295 g/mol. The number of methoxy groups -OCH3 is 1. The first-order valence-electron chi connectivity index (χ1n) is 5.84. The lowest BCUT2D eigenvalue weighted by molar-refractivity contribution is -0.137. The van der Waals surface area contributed by atoms with Crippen molar-refractivity contribution in [2.75, 3.05) is 19.0 Å². The van der Waals surface area contributed by atoms with Crippen molar-refractivity contribution in [1.29, 1.82) is 0 Å². The lowest BCUT2D eigenvalue weighted by Crippen LogP contribution is -2.18. The van der Waals surface area contributed by atoms with Gasteiger partial charge >= 0.3 is 6.18 Å². The number of hydrogen-bond acceptors (Lipinski definition) is 3. The van der Waals surface area contributed by atoms with E-state index in [9.17, 15) is 13.2 Å². The lowest BCUT2D eigenvalue weighted by Gasteiger charge is -2.12. The molecule has 8 heteroatoms. The van der Waals surface area contributed by atoms with Gasteiger partial charge in [0.15, 0.2) is 0 Å². The van der Waals surface area contributed by atoms with E-state index in [1.54, 1.807) is 7.11 Å². The molecule has 2 rings (SSSR count). The minimum atomic E-state index is -4.54. The van der Waals surface area contributed by atoms with Gasteiger partial charge in [-0.25, -0.2) is 4.98 Å². The van der Waals surface area contributed by atoms with E-state index in [-0.39, 0.29) is 16.5 Å². The highest BCUT2D eigenvalue weighted by Crippen LogP contribution is 2.39. The Labute approximate surface area is 118 Å². The Kier molecular flexibility index (Phi) is 4.10. The van der Waals surface area contributed by atoms with Crippen LogP contribution in [0.4, 0.5) is 18.9 Å². The van der Waals surface area contributed by atoms with Gasteiger partial charge in [0, 0.05) is 26.0 Å². The number of rotatable bonds is 4. The average molecular weight is 308 g/mol. The number of anilines is 1. The number of aromatic nitrogens is 2. The number of fused-ring (bicyclic) bond motifs is 1. The van der Waals surface area contributed by atoms with Crippen molar-refractivity contribution in [2.24, 2.45) is 0 Å². The van der Waals surface area contributed by atoms with Gasteiger partial charge in [-0.15, -0.1) is 0 Å². The van der Waals surface area contributed by atoms with Gasteiger partial charge in [0.2, 0.25) is 0 Å². The van der Waals surface area contributed by atoms with Crippen LogP contribution in [0.5, 0.6) is 0 Å². The van der Waals surface area contributed by atoms with Crippen LogP contribution >= 0.6 is 11.6 Å². The highest BCUT2D eigenvalue weighted by molar-refractivity contribution is 6.37. The van der Waals surface area contributed by atoms with E-state index in [2.05, 4.69) is 15.3 Å². The second kappa shape index (κ2) is 5.49. The molecule has 20 heavy (non-hydrogen) atoms. The molecule has 4 nitrogen and oxygen atoms in total. The maximum absolute atomic E-state index is 12.8. The smallest absolute Gasteiger partial charge is 0.381 e. The molecule has 0 aromatic carbocycles. The summed E-state index contributed by atoms with van der Waals surface area (Å²) < 4.78 is 43.5. The number of H-pyrrole nitrogens is 1. The third-order valence-electron chi connectivity index (χ3n) is 2.93. The SMILES string of the molecule is COC(C)CNc1c[nH]c2ncc(C(F)(F)F)c(Cl)c12. The number of aromatic amines is 1. The Morgan fingerprint density at radius 3 is 2.80 bits per heavy atom. The summed E-state index contributed by atoms with van der Waals surface area (Å²) in [6.07, 6.45) is -2.36. The van der Waals surface area contributed by atoms with Gasteiger partial charge in [-0.05, 0) is 6.92 Å². The van der Waals surface area contributed by atoms with Crippen LogP contribution in [0.2, 0.25) is 5.02 Å². The fourth-order valence-electron chi connectivity index (χ4n) is 1.73. The maximum atomic E-state index is 12.8. The van der Waals surface area contributed by atoms with Crippen LogP contribution in [-0.2, 0) is 10.9 Å². The molecule has 0 amide bonds. The third kappa shape index (κ3) is 2.83. The molecule has 0 spiro atoms. The molecular formula is C12H13ClF3N3O. The number of pyridine rings is 1. The summed E-state index contributed by atoms with van der Waals surface area (Å²) >= 11 is 5.87. The van der Waals surface area contributed by atoms with Crippen LogP contribution in [0.1, 0.15) is 12.5 Å². The number of alkyl halides is 3. The first-order chi connectivity index (χ1) is 9.34. The zero-order chi connectivity index (χ0) is 14.9. The van der Waals surface area contributed by atoms with E-state index in [0.717, 1.165) is 6.20 Å². The maximum Gasteiger partial charge on any atom is 0.419 e. The van der Waals surface area contributed by atoms with E-state index >= 15 is 0 Å². The number of ether oxygens (including phenoxy) is 1. The first-order valence-corrected chi connectivity index (χ1v) is 6.21. The van der Waals surface area contributed by atoms with E-state index in [1.807, 2.05) is 6.92 Å². The van der Waals surface area contributed by atoms with Crippen LogP contribution < -0.4 is 5.32 Å². The molecule has 2 heterocycles. The van der Waals surface area contributed by atoms with Crippen molar-refractivity contribution in [1.82, 2.24) is 9.97 Å². The minimum Gasteiger partial charge on any atom is -0.381 e. The van der Waals surface area contributed by atoms with E-state index in [1.165, 1.54) is 6.20 Å².